The van der Waals surface area contributed by atoms with Crippen molar-refractivity contribution in [3.8, 4) is 0 Å². The number of alkyl halides is 1. The zero-order chi connectivity index (χ0) is 16.6. The van der Waals surface area contributed by atoms with Crippen molar-refractivity contribution < 1.29 is 19.2 Å². The average molecular weight is 380 g/mol. The smallest absolute Gasteiger partial charge is 0.276 e. The van der Waals surface area contributed by atoms with Crippen LogP contribution in [0.5, 0.6) is 0 Å². The number of carbonyl (C=O) groups excluding carboxylic acids is 4. The van der Waals surface area contributed by atoms with Crippen LogP contribution in [0.3, 0.4) is 0 Å². The van der Waals surface area contributed by atoms with Crippen molar-refractivity contribution in [2.75, 3.05) is 11.9 Å². The van der Waals surface area contributed by atoms with E-state index < -0.39 is 23.8 Å². The van der Waals surface area contributed by atoms with Crippen LogP contribution >= 0.6 is 15.9 Å². The summed E-state index contributed by atoms with van der Waals surface area (Å²) in [4.78, 5) is 48.4. The molecule has 7 nitrogen and oxygen atoms in total. The minimum Gasteiger partial charge on any atom is -0.276 e. The van der Waals surface area contributed by atoms with Gasteiger partial charge >= 0.3 is 6.03 Å². The lowest BCUT2D eigenvalue weighted by Gasteiger charge is -2.32. The Bertz CT molecular complexity index is 719. The van der Waals surface area contributed by atoms with Crippen molar-refractivity contribution in [2.45, 2.75) is 19.3 Å². The fourth-order valence-corrected chi connectivity index (χ4v) is 3.05. The summed E-state index contributed by atoms with van der Waals surface area (Å²) in [6, 6.07) is 4.38. The van der Waals surface area contributed by atoms with Gasteiger partial charge in [-0.2, -0.15) is 5.01 Å². The fraction of sp³-hybridized carbons (Fsp3) is 0.333. The van der Waals surface area contributed by atoms with Gasteiger partial charge in [0.2, 0.25) is 5.91 Å². The molecular weight excluding hydrogens is 366 g/mol. The van der Waals surface area contributed by atoms with Crippen molar-refractivity contribution in [3.05, 3.63) is 34.9 Å². The molecule has 2 aliphatic heterocycles. The molecule has 1 fully saturated rings. The van der Waals surface area contributed by atoms with Gasteiger partial charge in [0, 0.05) is 11.8 Å². The molecule has 0 bridgehead atoms. The Morgan fingerprint density at radius 1 is 1.13 bits per heavy atom. The number of carbonyl (C=O) groups is 4. The van der Waals surface area contributed by atoms with E-state index in [1.165, 1.54) is 0 Å². The van der Waals surface area contributed by atoms with Gasteiger partial charge in [0.1, 0.15) is 0 Å². The molecule has 23 heavy (non-hydrogen) atoms. The maximum Gasteiger partial charge on any atom is 0.343 e. The predicted octanol–water partition coefficient (Wildman–Crippen LogP) is 1.47. The van der Waals surface area contributed by atoms with E-state index in [4.69, 9.17) is 0 Å². The first-order chi connectivity index (χ1) is 11.0. The van der Waals surface area contributed by atoms with E-state index in [2.05, 4.69) is 21.2 Å². The summed E-state index contributed by atoms with van der Waals surface area (Å²) in [7, 11) is 0. The molecule has 0 radical (unpaired) electrons. The number of nitrogens with one attached hydrogen (secondary N) is 1. The van der Waals surface area contributed by atoms with E-state index in [0.717, 1.165) is 27.3 Å². The van der Waals surface area contributed by atoms with E-state index >= 15 is 0 Å². The van der Waals surface area contributed by atoms with Crippen LogP contribution in [0.2, 0.25) is 0 Å². The number of nitrogens with zero attached hydrogens (tertiary/aromatic N) is 2. The van der Waals surface area contributed by atoms with Crippen LogP contribution in [0.25, 0.3) is 0 Å². The third-order valence-corrected chi connectivity index (χ3v) is 4.39. The molecule has 0 saturated carbocycles. The van der Waals surface area contributed by atoms with Gasteiger partial charge in [0.25, 0.3) is 11.8 Å². The Morgan fingerprint density at radius 2 is 1.91 bits per heavy atom. The summed E-state index contributed by atoms with van der Waals surface area (Å²) >= 11 is 3.35. The highest BCUT2D eigenvalue weighted by atomic mass is 79.9. The van der Waals surface area contributed by atoms with Crippen LogP contribution in [0.4, 0.5) is 4.79 Å². The number of rotatable bonds is 4. The molecule has 0 aliphatic carbocycles. The summed E-state index contributed by atoms with van der Waals surface area (Å²) in [5.41, 5.74) is 1.44. The molecule has 0 unspecified atom stereocenters. The van der Waals surface area contributed by atoms with Crippen LogP contribution < -0.4 is 5.32 Å². The number of amides is 5. The monoisotopic (exact) mass is 379 g/mol. The van der Waals surface area contributed by atoms with Crippen molar-refractivity contribution in [3.63, 3.8) is 0 Å². The van der Waals surface area contributed by atoms with E-state index in [9.17, 15) is 19.2 Å². The molecule has 1 aromatic carbocycles. The molecule has 2 aliphatic rings. The fourth-order valence-electron chi connectivity index (χ4n) is 2.77. The molecule has 0 atom stereocenters. The maximum absolute atomic E-state index is 12.7. The Hall–Kier alpha value is -2.22. The minimum atomic E-state index is -0.752. The van der Waals surface area contributed by atoms with E-state index in [1.807, 2.05) is 6.07 Å². The summed E-state index contributed by atoms with van der Waals surface area (Å²) < 4.78 is 0. The van der Waals surface area contributed by atoms with Gasteiger partial charge in [-0.25, -0.2) is 9.80 Å². The Balaban J connectivity index is 1.94. The molecule has 8 heteroatoms. The van der Waals surface area contributed by atoms with Crippen LogP contribution in [0, 0.1) is 0 Å². The first-order valence-electron chi connectivity index (χ1n) is 7.22. The number of hydrazine groups is 1. The molecule has 5 amide bonds. The number of imide groups is 2. The first-order valence-corrected chi connectivity index (χ1v) is 8.34. The second-order valence-corrected chi connectivity index (χ2v) is 6.07. The van der Waals surface area contributed by atoms with Crippen LogP contribution in [-0.4, -0.2) is 45.6 Å². The molecule has 0 aromatic heterocycles. The largest absolute Gasteiger partial charge is 0.343 e. The molecule has 2 heterocycles. The van der Waals surface area contributed by atoms with Crippen LogP contribution in [-0.2, 0) is 11.2 Å². The van der Waals surface area contributed by atoms with E-state index in [-0.39, 0.29) is 13.0 Å². The number of hydrogen-bond acceptors (Lipinski definition) is 4. The highest BCUT2D eigenvalue weighted by Crippen LogP contribution is 2.29. The van der Waals surface area contributed by atoms with Crippen molar-refractivity contribution in [1.29, 1.82) is 0 Å². The second-order valence-electron chi connectivity index (χ2n) is 5.28. The molecule has 120 valence electrons. The standard InChI is InChI=1S/C15H14BrN3O4/c16-7-2-4-9-3-1-5-10-12(9)14(22)19(13(10)21)18-8-6-11(20)17-15(18)23/h1,3,5H,2,4,6-8H2,(H,17,20,23). The summed E-state index contributed by atoms with van der Waals surface area (Å²) in [6.45, 7) is 0.00681. The Morgan fingerprint density at radius 3 is 2.61 bits per heavy atom. The highest BCUT2D eigenvalue weighted by molar-refractivity contribution is 9.09. The minimum absolute atomic E-state index is 0.00681. The van der Waals surface area contributed by atoms with Gasteiger partial charge in [-0.15, -0.1) is 0 Å². The number of benzene rings is 1. The zero-order valence-electron chi connectivity index (χ0n) is 12.2. The third-order valence-electron chi connectivity index (χ3n) is 3.83. The molecule has 3 rings (SSSR count). The normalized spacial score (nSPS) is 17.6. The first kappa shape index (κ1) is 15.7. The van der Waals surface area contributed by atoms with Crippen molar-refractivity contribution >= 4 is 39.7 Å². The van der Waals surface area contributed by atoms with Gasteiger partial charge in [-0.3, -0.25) is 19.7 Å². The maximum atomic E-state index is 12.7. The number of fused-ring (bicyclic) bond motifs is 1. The Kier molecular flexibility index (Phi) is 4.16. The number of urea groups is 1. The topological polar surface area (TPSA) is 86.8 Å². The van der Waals surface area contributed by atoms with Crippen LogP contribution in [0.1, 0.15) is 39.1 Å². The van der Waals surface area contributed by atoms with E-state index in [1.54, 1.807) is 12.1 Å². The quantitative estimate of drug-likeness (QED) is 0.633. The van der Waals surface area contributed by atoms with E-state index in [0.29, 0.717) is 17.5 Å². The molecule has 0 spiro atoms. The molecule has 1 N–H and O–H groups in total. The average Bonchev–Trinajstić information content (AvgIpc) is 2.78. The van der Waals surface area contributed by atoms with Gasteiger partial charge in [-0.05, 0) is 24.5 Å². The van der Waals surface area contributed by atoms with Gasteiger partial charge in [-0.1, -0.05) is 28.1 Å². The lowest BCUT2D eigenvalue weighted by molar-refractivity contribution is -0.122. The molecule has 1 aromatic rings. The van der Waals surface area contributed by atoms with Gasteiger partial charge in [0.05, 0.1) is 17.7 Å². The molecular formula is C15H14BrN3O4. The second kappa shape index (κ2) is 6.11. The highest BCUT2D eigenvalue weighted by Gasteiger charge is 2.43. The number of hydrogen-bond donors (Lipinski definition) is 1. The van der Waals surface area contributed by atoms with Gasteiger partial charge < -0.3 is 0 Å². The zero-order valence-corrected chi connectivity index (χ0v) is 13.8. The summed E-state index contributed by atoms with van der Waals surface area (Å²) in [5.74, 6) is -1.46. The van der Waals surface area contributed by atoms with Crippen molar-refractivity contribution in [1.82, 2.24) is 15.3 Å². The Labute approximate surface area is 140 Å². The lowest BCUT2D eigenvalue weighted by atomic mass is 9.99. The van der Waals surface area contributed by atoms with Crippen molar-refractivity contribution in [2.24, 2.45) is 0 Å². The lowest BCUT2D eigenvalue weighted by Crippen LogP contribution is -2.58. The number of halogens is 1. The summed E-state index contributed by atoms with van der Waals surface area (Å²) in [6.07, 6.45) is 1.54. The predicted molar refractivity (Wildman–Crippen MR) is 83.9 cm³/mol. The molecule has 1 saturated heterocycles. The third kappa shape index (κ3) is 2.63. The SMILES string of the molecule is O=C1CCN(N2C(=O)c3cccc(CCCBr)c3C2=O)C(=O)N1. The number of aryl methyl sites for hydroxylation is 1. The van der Waals surface area contributed by atoms with Crippen LogP contribution in [0.15, 0.2) is 18.2 Å². The summed E-state index contributed by atoms with van der Waals surface area (Å²) in [5, 5.41) is 4.75. The van der Waals surface area contributed by atoms with Gasteiger partial charge in [0.15, 0.2) is 0 Å².